The summed E-state index contributed by atoms with van der Waals surface area (Å²) in [5.41, 5.74) is 6.36. The van der Waals surface area contributed by atoms with Crippen LogP contribution in [0.4, 0.5) is 20.3 Å². The van der Waals surface area contributed by atoms with Crippen molar-refractivity contribution in [3.05, 3.63) is 87.7 Å². The monoisotopic (exact) mass is 731 g/mol. The molecule has 5 aromatic rings. The molecule has 1 saturated heterocycles. The molecule has 2 aliphatic carbocycles. The van der Waals surface area contributed by atoms with Crippen LogP contribution in [0.1, 0.15) is 48.9 Å². The van der Waals surface area contributed by atoms with E-state index < -0.39 is 37.8 Å². The van der Waals surface area contributed by atoms with Gasteiger partial charge in [0.15, 0.2) is 26.4 Å². The summed E-state index contributed by atoms with van der Waals surface area (Å²) >= 11 is 6.99. The van der Waals surface area contributed by atoms with Gasteiger partial charge in [0.2, 0.25) is 0 Å². The first-order valence-electron chi connectivity index (χ1n) is 16.5. The van der Waals surface area contributed by atoms with E-state index in [1.807, 2.05) is 12.1 Å². The highest BCUT2D eigenvalue weighted by atomic mass is 35.5. The van der Waals surface area contributed by atoms with Crippen molar-refractivity contribution >= 4 is 60.5 Å². The molecule has 11 nitrogen and oxygen atoms in total. The summed E-state index contributed by atoms with van der Waals surface area (Å²) in [6.45, 7) is 3.10. The Hall–Kier alpha value is -4.95. The minimum Gasteiger partial charge on any atom is -0.384 e. The lowest BCUT2D eigenvalue weighted by Crippen LogP contribution is -2.49. The number of piperazine rings is 1. The lowest BCUT2D eigenvalue weighted by atomic mass is 9.99. The molecule has 1 aliphatic heterocycles. The SMILES string of the molecule is C=C(F)C(=O)N1CCN(c2c(S(C)(=O)=O)c(=O)n(-c3c(C4CC4)ncnc3C3CC3)c3c(F)c(-c4nc(N)cc5ccccc45)c(Cl)cc23)CC1. The Morgan fingerprint density at radius 1 is 0.980 bits per heavy atom. The number of carbonyl (C=O) groups excluding carboxylic acids is 1. The van der Waals surface area contributed by atoms with Crippen LogP contribution in [-0.4, -0.2) is 71.2 Å². The number of hydrogen-bond acceptors (Lipinski definition) is 9. The summed E-state index contributed by atoms with van der Waals surface area (Å²) < 4.78 is 60.3. The first-order valence-corrected chi connectivity index (χ1v) is 18.8. The van der Waals surface area contributed by atoms with Gasteiger partial charge in [-0.25, -0.2) is 32.2 Å². The number of nitrogen functional groups attached to an aromatic ring is 1. The van der Waals surface area contributed by atoms with E-state index in [1.165, 1.54) is 17.3 Å². The molecule has 3 aromatic heterocycles. The maximum atomic E-state index is 17.9. The van der Waals surface area contributed by atoms with E-state index in [-0.39, 0.29) is 82.4 Å². The van der Waals surface area contributed by atoms with Gasteiger partial charge in [0.25, 0.3) is 11.5 Å². The number of amides is 1. The van der Waals surface area contributed by atoms with Crippen molar-refractivity contribution in [2.75, 3.05) is 43.1 Å². The first-order chi connectivity index (χ1) is 24.3. The summed E-state index contributed by atoms with van der Waals surface area (Å²) in [6.07, 6.45) is 5.56. The fraction of sp³-hybridized carbons (Fsp3) is 0.306. The number of rotatable bonds is 7. The van der Waals surface area contributed by atoms with Gasteiger partial charge in [-0.15, -0.1) is 0 Å². The minimum atomic E-state index is -4.30. The molecule has 4 heterocycles. The average Bonchev–Trinajstić information content (AvgIpc) is 4.01. The lowest BCUT2D eigenvalue weighted by molar-refractivity contribution is -0.128. The molecule has 0 atom stereocenters. The molecule has 1 amide bonds. The zero-order valence-corrected chi connectivity index (χ0v) is 29.1. The van der Waals surface area contributed by atoms with E-state index in [1.54, 1.807) is 23.1 Å². The third-order valence-corrected chi connectivity index (χ3v) is 11.2. The first kappa shape index (κ1) is 33.2. The fourth-order valence-electron chi connectivity index (χ4n) is 7.17. The van der Waals surface area contributed by atoms with E-state index >= 15 is 9.18 Å². The summed E-state index contributed by atoms with van der Waals surface area (Å²) in [7, 11) is -4.30. The van der Waals surface area contributed by atoms with Gasteiger partial charge in [-0.2, -0.15) is 0 Å². The molecule has 262 valence electrons. The van der Waals surface area contributed by atoms with Crippen molar-refractivity contribution in [3.63, 3.8) is 0 Å². The van der Waals surface area contributed by atoms with Crippen molar-refractivity contribution in [2.45, 2.75) is 42.4 Å². The van der Waals surface area contributed by atoms with Crippen LogP contribution >= 0.6 is 11.6 Å². The maximum Gasteiger partial charge on any atom is 0.282 e. The van der Waals surface area contributed by atoms with Crippen LogP contribution in [0.15, 0.2) is 64.8 Å². The molecule has 2 N–H and O–H groups in total. The van der Waals surface area contributed by atoms with E-state index in [0.717, 1.165) is 36.5 Å². The molecule has 2 aromatic carbocycles. The topological polar surface area (TPSA) is 144 Å². The lowest BCUT2D eigenvalue weighted by Gasteiger charge is -2.37. The van der Waals surface area contributed by atoms with E-state index in [2.05, 4.69) is 21.5 Å². The number of nitrogens with two attached hydrogens (primary N) is 1. The molecule has 0 spiro atoms. The van der Waals surface area contributed by atoms with Crippen LogP contribution in [0, 0.1) is 5.82 Å². The Kier molecular flexibility index (Phi) is 7.87. The molecule has 0 radical (unpaired) electrons. The predicted octanol–water partition coefficient (Wildman–Crippen LogP) is 5.66. The second-order valence-corrected chi connectivity index (χ2v) is 15.7. The number of fused-ring (bicyclic) bond motifs is 2. The number of sulfone groups is 1. The summed E-state index contributed by atoms with van der Waals surface area (Å²) in [4.78, 5) is 43.4. The highest BCUT2D eigenvalue weighted by Crippen LogP contribution is 2.49. The molecule has 3 aliphatic rings. The number of hydrogen-bond donors (Lipinski definition) is 1. The highest BCUT2D eigenvalue weighted by molar-refractivity contribution is 7.90. The number of aromatic nitrogens is 4. The fourth-order valence-corrected chi connectivity index (χ4v) is 8.46. The molecule has 51 heavy (non-hydrogen) atoms. The second-order valence-electron chi connectivity index (χ2n) is 13.4. The Bertz CT molecular complexity index is 2480. The van der Waals surface area contributed by atoms with Crippen LogP contribution in [0.3, 0.4) is 0 Å². The number of halogens is 3. The van der Waals surface area contributed by atoms with Gasteiger partial charge >= 0.3 is 0 Å². The van der Waals surface area contributed by atoms with Crippen LogP contribution < -0.4 is 16.2 Å². The average molecular weight is 732 g/mol. The van der Waals surface area contributed by atoms with Gasteiger partial charge in [0.1, 0.15) is 12.1 Å². The van der Waals surface area contributed by atoms with E-state index in [4.69, 9.17) is 17.3 Å². The Balaban J connectivity index is 1.50. The van der Waals surface area contributed by atoms with E-state index in [9.17, 15) is 17.6 Å². The summed E-state index contributed by atoms with van der Waals surface area (Å²) in [6, 6.07) is 10.3. The van der Waals surface area contributed by atoms with Crippen molar-refractivity contribution in [1.82, 2.24) is 24.4 Å². The molecule has 2 saturated carbocycles. The van der Waals surface area contributed by atoms with Crippen molar-refractivity contribution in [2.24, 2.45) is 0 Å². The van der Waals surface area contributed by atoms with Crippen molar-refractivity contribution in [1.29, 1.82) is 0 Å². The van der Waals surface area contributed by atoms with Crippen molar-refractivity contribution < 1.29 is 22.0 Å². The smallest absolute Gasteiger partial charge is 0.282 e. The van der Waals surface area contributed by atoms with Crippen LogP contribution in [0.2, 0.25) is 5.02 Å². The standard InChI is InChI=1S/C36H32ClF2N7O4S/c1-18(38)35(47)45-13-11-44(12-14-45)32-23-16-24(37)26(30-22-6-4-3-5-21(22)15-25(40)43-30)27(39)31(23)46(36(48)34(32)51(2,49)50)33-28(19-7-8-19)41-17-42-29(33)20-9-10-20/h3-6,15-17,19-20H,1,7-14H2,2H3,(H2,40,43). The van der Waals surface area contributed by atoms with Gasteiger partial charge in [0, 0.05) is 55.0 Å². The zero-order valence-electron chi connectivity index (χ0n) is 27.5. The molecular weight excluding hydrogens is 700 g/mol. The minimum absolute atomic E-state index is 0.00671. The molecule has 3 fully saturated rings. The quantitative estimate of drug-likeness (QED) is 0.210. The number of pyridine rings is 2. The van der Waals surface area contributed by atoms with Crippen LogP contribution in [-0.2, 0) is 14.6 Å². The van der Waals surface area contributed by atoms with Gasteiger partial charge in [0.05, 0.1) is 44.6 Å². The van der Waals surface area contributed by atoms with E-state index in [0.29, 0.717) is 22.2 Å². The maximum absolute atomic E-state index is 17.9. The third-order valence-electron chi connectivity index (χ3n) is 9.80. The van der Waals surface area contributed by atoms with Crippen molar-refractivity contribution in [3.8, 4) is 16.9 Å². The Labute approximate surface area is 296 Å². The molecule has 0 unspecified atom stereocenters. The van der Waals surface area contributed by atoms with Crippen LogP contribution in [0.25, 0.3) is 38.6 Å². The molecule has 8 rings (SSSR count). The Morgan fingerprint density at radius 3 is 2.20 bits per heavy atom. The second kappa shape index (κ2) is 12.1. The van der Waals surface area contributed by atoms with Gasteiger partial charge < -0.3 is 15.5 Å². The molecule has 0 bridgehead atoms. The van der Waals surface area contributed by atoms with Gasteiger partial charge in [-0.1, -0.05) is 42.4 Å². The largest absolute Gasteiger partial charge is 0.384 e. The number of benzene rings is 2. The number of carbonyl (C=O) groups is 1. The predicted molar refractivity (Wildman–Crippen MR) is 191 cm³/mol. The Morgan fingerprint density at radius 2 is 1.61 bits per heavy atom. The third kappa shape index (κ3) is 5.60. The molecular formula is C36H32ClF2N7O4S. The normalized spacial score (nSPS) is 16.6. The molecule has 15 heteroatoms. The number of anilines is 2. The van der Waals surface area contributed by atoms with Gasteiger partial charge in [-0.05, 0) is 43.2 Å². The van der Waals surface area contributed by atoms with Gasteiger partial charge in [-0.3, -0.25) is 14.2 Å². The summed E-state index contributed by atoms with van der Waals surface area (Å²) in [5.74, 6) is -2.84. The van der Waals surface area contributed by atoms with Crippen LogP contribution in [0.5, 0.6) is 0 Å². The summed E-state index contributed by atoms with van der Waals surface area (Å²) in [5, 5.41) is 1.21. The highest BCUT2D eigenvalue weighted by Gasteiger charge is 2.39. The zero-order chi connectivity index (χ0) is 35.9. The number of nitrogens with zero attached hydrogens (tertiary/aromatic N) is 6.